The number of furan rings is 1. The summed E-state index contributed by atoms with van der Waals surface area (Å²) in [4.78, 5) is 0. The number of para-hydroxylation sites is 1. The Morgan fingerprint density at radius 1 is 0.397 bits per heavy atom. The van der Waals surface area contributed by atoms with Gasteiger partial charge in [-0.1, -0.05) is 206 Å². The minimum atomic E-state index is 0.0888. The highest BCUT2D eigenvalue weighted by Gasteiger charge is 2.36. The summed E-state index contributed by atoms with van der Waals surface area (Å²) in [7, 11) is 0. The summed E-state index contributed by atoms with van der Waals surface area (Å²) in [6, 6.07) is 61.7. The molecule has 1 nitrogen and oxygen atoms in total. The molecule has 0 atom stereocenters. The molecule has 292 valence electrons. The van der Waals surface area contributed by atoms with Crippen molar-refractivity contribution in [1.82, 2.24) is 0 Å². The van der Waals surface area contributed by atoms with Crippen molar-refractivity contribution in [3.05, 3.63) is 226 Å². The van der Waals surface area contributed by atoms with E-state index in [0.29, 0.717) is 0 Å². The van der Waals surface area contributed by atoms with Gasteiger partial charge in [-0.2, -0.15) is 0 Å². The van der Waals surface area contributed by atoms with E-state index in [0.717, 1.165) is 17.6 Å². The lowest BCUT2D eigenvalue weighted by molar-refractivity contribution is 0.659. The molecule has 0 spiro atoms. The van der Waals surface area contributed by atoms with Crippen molar-refractivity contribution < 1.29 is 4.42 Å². The first kappa shape index (κ1) is 41.5. The Balaban J connectivity index is 0.000000133. The zero-order valence-corrected chi connectivity index (χ0v) is 35.9. The van der Waals surface area contributed by atoms with Crippen LogP contribution in [0.15, 0.2) is 180 Å². The van der Waals surface area contributed by atoms with Crippen LogP contribution in [0.5, 0.6) is 0 Å². The Morgan fingerprint density at radius 3 is 1.43 bits per heavy atom. The van der Waals surface area contributed by atoms with Crippen LogP contribution in [0, 0.1) is 41.5 Å². The topological polar surface area (TPSA) is 13.1 Å². The fourth-order valence-corrected chi connectivity index (χ4v) is 7.58. The minimum Gasteiger partial charge on any atom is -0.456 e. The molecule has 0 amide bonds. The van der Waals surface area contributed by atoms with Crippen molar-refractivity contribution in [2.24, 2.45) is 0 Å². The SMILES string of the molecule is CCc1ccc2oc3ccccc3c2c1.Cc1ccc(C)cc1.Cc1ccc2c(c1)C(C)(C)c1cc(C)c3ccccc3c1-2.Cc1ccccc1.Cc1ccccc1. The molecule has 0 radical (unpaired) electrons. The third kappa shape index (κ3) is 9.85. The predicted molar refractivity (Wildman–Crippen MR) is 252 cm³/mol. The van der Waals surface area contributed by atoms with E-state index < -0.39 is 0 Å². The highest BCUT2D eigenvalue weighted by atomic mass is 16.3. The lowest BCUT2D eigenvalue weighted by atomic mass is 9.81. The summed E-state index contributed by atoms with van der Waals surface area (Å²) in [6.45, 7) is 19.6. The first-order chi connectivity index (χ1) is 28.0. The van der Waals surface area contributed by atoms with Gasteiger partial charge in [-0.05, 0) is 110 Å². The molecule has 0 bridgehead atoms. The second-order valence-corrected chi connectivity index (χ2v) is 16.1. The van der Waals surface area contributed by atoms with Crippen LogP contribution >= 0.6 is 0 Å². The fraction of sp³-hybridized carbons (Fsp3) is 0.193. The molecular formula is C57H58O. The second kappa shape index (κ2) is 18.8. The molecule has 0 N–H and O–H groups in total. The van der Waals surface area contributed by atoms with Crippen LogP contribution in [-0.2, 0) is 11.8 Å². The lowest BCUT2D eigenvalue weighted by Gasteiger charge is -2.22. The quantitative estimate of drug-likeness (QED) is 0.162. The number of aryl methyl sites for hydroxylation is 7. The number of benzene rings is 8. The van der Waals surface area contributed by atoms with Crippen molar-refractivity contribution in [3.63, 3.8) is 0 Å². The summed E-state index contributed by atoms with van der Waals surface area (Å²) in [6.07, 6.45) is 1.06. The molecule has 0 fully saturated rings. The zero-order chi connectivity index (χ0) is 41.2. The Bertz CT molecular complexity index is 2650. The van der Waals surface area contributed by atoms with Gasteiger partial charge in [0.05, 0.1) is 0 Å². The minimum absolute atomic E-state index is 0.0888. The molecule has 1 heteroatoms. The molecule has 0 aliphatic heterocycles. The average molecular weight is 759 g/mol. The van der Waals surface area contributed by atoms with Gasteiger partial charge in [-0.15, -0.1) is 0 Å². The van der Waals surface area contributed by atoms with Gasteiger partial charge in [0.2, 0.25) is 0 Å². The van der Waals surface area contributed by atoms with Gasteiger partial charge in [-0.25, -0.2) is 0 Å². The van der Waals surface area contributed by atoms with Gasteiger partial charge in [0.1, 0.15) is 11.2 Å². The number of hydrogen-bond donors (Lipinski definition) is 0. The van der Waals surface area contributed by atoms with Crippen molar-refractivity contribution in [2.75, 3.05) is 0 Å². The predicted octanol–water partition coefficient (Wildman–Crippen LogP) is 16.2. The van der Waals surface area contributed by atoms with E-state index in [9.17, 15) is 0 Å². The average Bonchev–Trinajstić information content (AvgIpc) is 3.71. The summed E-state index contributed by atoms with van der Waals surface area (Å²) in [5.74, 6) is 0. The maximum atomic E-state index is 5.75. The number of rotatable bonds is 1. The summed E-state index contributed by atoms with van der Waals surface area (Å²) in [5, 5.41) is 5.21. The first-order valence-electron chi connectivity index (χ1n) is 20.6. The van der Waals surface area contributed by atoms with E-state index in [2.05, 4.69) is 190 Å². The van der Waals surface area contributed by atoms with E-state index in [-0.39, 0.29) is 5.41 Å². The van der Waals surface area contributed by atoms with Gasteiger partial charge in [0.25, 0.3) is 0 Å². The molecular weight excluding hydrogens is 701 g/mol. The van der Waals surface area contributed by atoms with Crippen LogP contribution in [0.25, 0.3) is 43.8 Å². The Hall–Kier alpha value is -6.18. The van der Waals surface area contributed by atoms with Gasteiger partial charge in [0.15, 0.2) is 0 Å². The zero-order valence-electron chi connectivity index (χ0n) is 35.9. The van der Waals surface area contributed by atoms with Crippen molar-refractivity contribution in [2.45, 2.75) is 74.1 Å². The maximum Gasteiger partial charge on any atom is 0.135 e. The van der Waals surface area contributed by atoms with Gasteiger partial charge in [0, 0.05) is 16.2 Å². The highest BCUT2D eigenvalue weighted by molar-refractivity contribution is 6.05. The molecule has 8 aromatic carbocycles. The van der Waals surface area contributed by atoms with Crippen LogP contribution in [0.2, 0.25) is 0 Å². The third-order valence-corrected chi connectivity index (χ3v) is 11.0. The lowest BCUT2D eigenvalue weighted by Crippen LogP contribution is -2.15. The molecule has 1 aliphatic carbocycles. The molecule has 1 aliphatic rings. The molecule has 0 unspecified atom stereocenters. The molecule has 9 aromatic rings. The molecule has 10 rings (SSSR count). The number of fused-ring (bicyclic) bond motifs is 8. The van der Waals surface area contributed by atoms with Gasteiger partial charge >= 0.3 is 0 Å². The Labute approximate surface area is 347 Å². The first-order valence-corrected chi connectivity index (χ1v) is 20.6. The van der Waals surface area contributed by atoms with Crippen molar-refractivity contribution in [3.8, 4) is 11.1 Å². The number of hydrogen-bond acceptors (Lipinski definition) is 1. The van der Waals surface area contributed by atoms with Crippen LogP contribution in [0.1, 0.15) is 70.8 Å². The normalized spacial score (nSPS) is 11.7. The third-order valence-electron chi connectivity index (χ3n) is 11.0. The van der Waals surface area contributed by atoms with E-state index in [1.165, 1.54) is 82.7 Å². The molecule has 1 aromatic heterocycles. The van der Waals surface area contributed by atoms with E-state index >= 15 is 0 Å². The highest BCUT2D eigenvalue weighted by Crippen LogP contribution is 2.52. The molecule has 58 heavy (non-hydrogen) atoms. The van der Waals surface area contributed by atoms with Crippen LogP contribution in [-0.4, -0.2) is 0 Å². The second-order valence-electron chi connectivity index (χ2n) is 16.1. The van der Waals surface area contributed by atoms with Crippen LogP contribution in [0.3, 0.4) is 0 Å². The summed E-state index contributed by atoms with van der Waals surface area (Å²) < 4.78 is 5.75. The fourth-order valence-electron chi connectivity index (χ4n) is 7.58. The summed E-state index contributed by atoms with van der Waals surface area (Å²) in [5.41, 5.74) is 17.2. The molecule has 1 heterocycles. The van der Waals surface area contributed by atoms with Crippen molar-refractivity contribution >= 4 is 32.7 Å². The van der Waals surface area contributed by atoms with E-state index in [1.807, 2.05) is 48.5 Å². The Kier molecular flexibility index (Phi) is 13.5. The smallest absolute Gasteiger partial charge is 0.135 e. The van der Waals surface area contributed by atoms with E-state index in [1.54, 1.807) is 0 Å². The maximum absolute atomic E-state index is 5.75. The monoisotopic (exact) mass is 758 g/mol. The standard InChI is InChI=1S/C21H20.C14H12O.C8H10.2C7H8/c1-13-9-10-17-18(11-13)21(3,4)19-12-14(2)15-7-5-6-8-16(15)20(17)19;1-2-10-7-8-14-12(9-10)11-5-3-4-6-13(11)15-14;1-7-3-5-8(2)6-4-7;2*1-7-5-3-2-4-6-7/h5-12H,1-4H3;3-9H,2H2,1H3;3-6H,1-2H3;2*2-6H,1H3. The van der Waals surface area contributed by atoms with Crippen molar-refractivity contribution in [1.29, 1.82) is 0 Å². The molecule has 0 saturated heterocycles. The summed E-state index contributed by atoms with van der Waals surface area (Å²) >= 11 is 0. The Morgan fingerprint density at radius 2 is 0.879 bits per heavy atom. The largest absolute Gasteiger partial charge is 0.456 e. The molecule has 0 saturated carbocycles. The van der Waals surface area contributed by atoms with Crippen LogP contribution < -0.4 is 0 Å². The van der Waals surface area contributed by atoms with E-state index in [4.69, 9.17) is 4.42 Å². The van der Waals surface area contributed by atoms with Gasteiger partial charge < -0.3 is 4.42 Å². The van der Waals surface area contributed by atoms with Gasteiger partial charge in [-0.3, -0.25) is 0 Å². The van der Waals surface area contributed by atoms with Crippen LogP contribution in [0.4, 0.5) is 0 Å².